The Kier molecular flexibility index (Phi) is 9.49. The van der Waals surface area contributed by atoms with Crippen molar-refractivity contribution in [3.05, 3.63) is 27.2 Å². The molecule has 0 unspecified atom stereocenters. The van der Waals surface area contributed by atoms with Gasteiger partial charge in [-0.05, 0) is 76.7 Å². The molecule has 0 spiro atoms. The van der Waals surface area contributed by atoms with Crippen LogP contribution in [0.3, 0.4) is 0 Å². The summed E-state index contributed by atoms with van der Waals surface area (Å²) in [6.45, 7) is 6.12. The summed E-state index contributed by atoms with van der Waals surface area (Å²) in [5.74, 6) is -2.97. The van der Waals surface area contributed by atoms with Gasteiger partial charge < -0.3 is 15.2 Å². The first-order valence-corrected chi connectivity index (χ1v) is 15.2. The second-order valence-corrected chi connectivity index (χ2v) is 12.3. The summed E-state index contributed by atoms with van der Waals surface area (Å²) < 4.78 is 5.46. The normalized spacial score (nSPS) is 26.4. The molecule has 1 aromatic heterocycles. The molecule has 6 nitrogen and oxygen atoms in total. The molecule has 0 radical (unpaired) electrons. The number of amides is 1. The monoisotopic (exact) mass is 529 g/mol. The number of carbonyl (C=O) groups is 3. The molecule has 4 rings (SSSR count). The average molecular weight is 530 g/mol. The SMILES string of the molecule is CCOC(=O)c1c(NC(=O)[C@@H]2[C@@H](C(=O)O)[C@@H]3CC[C@H]2C3=C(C)C)sc2c1CCCCCCCCCCC2. The maximum Gasteiger partial charge on any atom is 0.341 e. The van der Waals surface area contributed by atoms with Gasteiger partial charge in [0.05, 0.1) is 24.0 Å². The van der Waals surface area contributed by atoms with E-state index in [4.69, 9.17) is 4.74 Å². The van der Waals surface area contributed by atoms with E-state index in [1.165, 1.54) is 54.7 Å². The molecule has 1 aromatic rings. The Morgan fingerprint density at radius 3 is 2.03 bits per heavy atom. The van der Waals surface area contributed by atoms with Crippen molar-refractivity contribution in [3.8, 4) is 0 Å². The van der Waals surface area contributed by atoms with Gasteiger partial charge in [0.15, 0.2) is 0 Å². The molecule has 0 aliphatic heterocycles. The van der Waals surface area contributed by atoms with E-state index in [9.17, 15) is 19.5 Å². The van der Waals surface area contributed by atoms with Crippen LogP contribution in [0.2, 0.25) is 0 Å². The number of anilines is 1. The summed E-state index contributed by atoms with van der Waals surface area (Å²) in [6.07, 6.45) is 14.1. The molecule has 37 heavy (non-hydrogen) atoms. The number of carboxylic acids is 1. The molecular weight excluding hydrogens is 486 g/mol. The topological polar surface area (TPSA) is 92.7 Å². The van der Waals surface area contributed by atoms with Crippen molar-refractivity contribution >= 4 is 34.2 Å². The highest BCUT2D eigenvalue weighted by Crippen LogP contribution is 2.57. The summed E-state index contributed by atoms with van der Waals surface area (Å²) in [5, 5.41) is 13.7. The lowest BCUT2D eigenvalue weighted by molar-refractivity contribution is -0.148. The lowest BCUT2D eigenvalue weighted by Gasteiger charge is -2.26. The van der Waals surface area contributed by atoms with Gasteiger partial charge in [0.1, 0.15) is 5.00 Å². The number of aliphatic carboxylic acids is 1. The van der Waals surface area contributed by atoms with E-state index >= 15 is 0 Å². The molecule has 2 bridgehead atoms. The first kappa shape index (κ1) is 27.9. The molecular formula is C30H43NO5S. The predicted octanol–water partition coefficient (Wildman–Crippen LogP) is 7.17. The minimum absolute atomic E-state index is 0.0356. The molecule has 1 amide bonds. The fourth-order valence-corrected chi connectivity index (χ4v) is 8.39. The van der Waals surface area contributed by atoms with E-state index in [2.05, 4.69) is 5.32 Å². The molecule has 3 aliphatic rings. The maximum absolute atomic E-state index is 13.8. The summed E-state index contributed by atoms with van der Waals surface area (Å²) in [6, 6.07) is 0. The van der Waals surface area contributed by atoms with Crippen LogP contribution in [0.15, 0.2) is 11.1 Å². The lowest BCUT2D eigenvalue weighted by atomic mass is 9.78. The first-order valence-electron chi connectivity index (χ1n) is 14.4. The van der Waals surface area contributed by atoms with Crippen LogP contribution in [0.25, 0.3) is 0 Å². The summed E-state index contributed by atoms with van der Waals surface area (Å²) in [4.78, 5) is 40.4. The van der Waals surface area contributed by atoms with Crippen molar-refractivity contribution in [2.75, 3.05) is 11.9 Å². The molecule has 0 saturated heterocycles. The van der Waals surface area contributed by atoms with Crippen molar-refractivity contribution in [2.24, 2.45) is 23.7 Å². The van der Waals surface area contributed by atoms with Crippen molar-refractivity contribution in [1.82, 2.24) is 0 Å². The largest absolute Gasteiger partial charge is 0.481 e. The lowest BCUT2D eigenvalue weighted by Crippen LogP contribution is -2.38. The van der Waals surface area contributed by atoms with Crippen LogP contribution in [0.4, 0.5) is 5.00 Å². The van der Waals surface area contributed by atoms with Crippen LogP contribution in [-0.2, 0) is 27.2 Å². The Labute approximate surface area is 225 Å². The van der Waals surface area contributed by atoms with Gasteiger partial charge in [0, 0.05) is 4.88 Å². The Morgan fingerprint density at radius 2 is 1.46 bits per heavy atom. The van der Waals surface area contributed by atoms with E-state index in [0.717, 1.165) is 61.7 Å². The third-order valence-corrected chi connectivity index (χ3v) is 9.85. The number of fused-ring (bicyclic) bond motifs is 3. The number of hydrogen-bond acceptors (Lipinski definition) is 5. The molecule has 1 heterocycles. The summed E-state index contributed by atoms with van der Waals surface area (Å²) in [5.41, 5.74) is 3.83. The minimum Gasteiger partial charge on any atom is -0.481 e. The van der Waals surface area contributed by atoms with Gasteiger partial charge in [0.25, 0.3) is 0 Å². The van der Waals surface area contributed by atoms with Crippen molar-refractivity contribution in [2.45, 2.75) is 104 Å². The molecule has 3 aliphatic carbocycles. The van der Waals surface area contributed by atoms with E-state index in [-0.39, 0.29) is 30.3 Å². The van der Waals surface area contributed by atoms with Gasteiger partial charge in [-0.1, -0.05) is 56.1 Å². The van der Waals surface area contributed by atoms with E-state index < -0.39 is 17.8 Å². The van der Waals surface area contributed by atoms with Gasteiger partial charge in [-0.25, -0.2) is 4.79 Å². The van der Waals surface area contributed by atoms with Gasteiger partial charge in [-0.3, -0.25) is 9.59 Å². The van der Waals surface area contributed by atoms with Gasteiger partial charge in [-0.15, -0.1) is 11.3 Å². The number of carbonyl (C=O) groups excluding carboxylic acids is 2. The number of carboxylic acid groups (broad SMARTS) is 1. The number of aryl methyl sites for hydroxylation is 1. The Morgan fingerprint density at radius 1 is 0.892 bits per heavy atom. The molecule has 204 valence electrons. The van der Waals surface area contributed by atoms with Crippen LogP contribution in [0, 0.1) is 23.7 Å². The molecule has 2 N–H and O–H groups in total. The van der Waals surface area contributed by atoms with E-state index in [1.807, 2.05) is 13.8 Å². The Balaban J connectivity index is 1.65. The standard InChI is InChI=1S/C30H43NO5S/c1-4-36-30(35)26-19-14-12-10-8-6-5-7-9-11-13-15-22(19)37-28(26)31-27(32)24-20-16-17-21(23(20)18(2)3)25(24)29(33)34/h20-21,24-25H,4-17H2,1-3H3,(H,31,32)(H,33,34)/t20-,21+,24-,25-/m0/s1. The van der Waals surface area contributed by atoms with Crippen molar-refractivity contribution in [1.29, 1.82) is 0 Å². The quantitative estimate of drug-likeness (QED) is 0.312. The third-order valence-electron chi connectivity index (χ3n) is 8.64. The maximum atomic E-state index is 13.8. The highest BCUT2D eigenvalue weighted by atomic mass is 32.1. The predicted molar refractivity (Wildman–Crippen MR) is 147 cm³/mol. The van der Waals surface area contributed by atoms with E-state index in [1.54, 1.807) is 6.92 Å². The molecule has 4 atom stereocenters. The zero-order valence-corrected chi connectivity index (χ0v) is 23.5. The van der Waals surface area contributed by atoms with Crippen molar-refractivity contribution in [3.63, 3.8) is 0 Å². The number of allylic oxidation sites excluding steroid dienone is 2. The van der Waals surface area contributed by atoms with Crippen LogP contribution < -0.4 is 5.32 Å². The molecule has 7 heteroatoms. The molecule has 2 fully saturated rings. The number of thiophene rings is 1. The number of rotatable bonds is 5. The summed E-state index contributed by atoms with van der Waals surface area (Å²) >= 11 is 1.50. The second-order valence-electron chi connectivity index (χ2n) is 11.2. The fraction of sp³-hybridized carbons (Fsp3) is 0.700. The average Bonchev–Trinajstić information content (AvgIpc) is 3.52. The van der Waals surface area contributed by atoms with E-state index in [0.29, 0.717) is 10.6 Å². The number of nitrogens with one attached hydrogen (secondary N) is 1. The third kappa shape index (κ3) is 5.97. The molecule has 2 saturated carbocycles. The fourth-order valence-electron chi connectivity index (χ4n) is 7.11. The van der Waals surface area contributed by atoms with Gasteiger partial charge in [0.2, 0.25) is 5.91 Å². The number of ether oxygens (including phenoxy) is 1. The summed E-state index contributed by atoms with van der Waals surface area (Å²) in [7, 11) is 0. The molecule has 0 aromatic carbocycles. The second kappa shape index (κ2) is 12.6. The zero-order valence-electron chi connectivity index (χ0n) is 22.7. The number of hydrogen-bond donors (Lipinski definition) is 2. The highest BCUT2D eigenvalue weighted by molar-refractivity contribution is 7.17. The zero-order chi connectivity index (χ0) is 26.5. The van der Waals surface area contributed by atoms with Crippen LogP contribution in [-0.4, -0.2) is 29.6 Å². The van der Waals surface area contributed by atoms with Gasteiger partial charge in [-0.2, -0.15) is 0 Å². The Hall–Kier alpha value is -2.15. The van der Waals surface area contributed by atoms with Gasteiger partial charge >= 0.3 is 11.9 Å². The van der Waals surface area contributed by atoms with Crippen LogP contribution in [0.5, 0.6) is 0 Å². The van der Waals surface area contributed by atoms with Crippen molar-refractivity contribution < 1.29 is 24.2 Å². The Bertz CT molecular complexity index is 1040. The smallest absolute Gasteiger partial charge is 0.341 e. The van der Waals surface area contributed by atoms with Crippen LogP contribution in [0.1, 0.15) is 112 Å². The first-order chi connectivity index (χ1) is 17.8. The van der Waals surface area contributed by atoms with Crippen LogP contribution >= 0.6 is 11.3 Å². The highest BCUT2D eigenvalue weighted by Gasteiger charge is 2.57. The number of esters is 1. The minimum atomic E-state index is -0.897.